The minimum Gasteiger partial charge on any atom is -0.393 e. The van der Waals surface area contributed by atoms with E-state index in [1.165, 1.54) is 18.6 Å². The van der Waals surface area contributed by atoms with Crippen molar-refractivity contribution in [3.05, 3.63) is 35.6 Å². The summed E-state index contributed by atoms with van der Waals surface area (Å²) in [5.74, 6) is 0.578. The first-order chi connectivity index (χ1) is 11.1. The monoisotopic (exact) mass is 319 g/mol. The van der Waals surface area contributed by atoms with Crippen LogP contribution in [0.4, 0.5) is 4.39 Å². The molecular weight excluding hydrogens is 293 g/mol. The van der Waals surface area contributed by atoms with Crippen molar-refractivity contribution in [2.45, 2.75) is 57.0 Å². The van der Waals surface area contributed by atoms with Gasteiger partial charge in [-0.05, 0) is 61.6 Å². The third kappa shape index (κ3) is 4.31. The molecule has 0 unspecified atom stereocenters. The molecule has 126 valence electrons. The van der Waals surface area contributed by atoms with Crippen LogP contribution in [0.15, 0.2) is 24.3 Å². The lowest BCUT2D eigenvalue weighted by atomic mass is 9.83. The van der Waals surface area contributed by atoms with Crippen molar-refractivity contribution in [3.63, 3.8) is 0 Å². The lowest BCUT2D eigenvalue weighted by molar-refractivity contribution is -0.122. The molecule has 0 aliphatic heterocycles. The van der Waals surface area contributed by atoms with Gasteiger partial charge >= 0.3 is 0 Å². The standard InChI is InChI=1S/C19H26FNO2/c20-15-9-7-13(8-10-15)16-12-17(16)19(23)21-11-3-5-14-4-1-2-6-18(14)22/h7-10,14,16-18,22H,1-6,11-12H2,(H,21,23)/t14-,16+,17+,18-/m0/s1. The molecule has 4 heteroatoms. The summed E-state index contributed by atoms with van der Waals surface area (Å²) in [5.41, 5.74) is 1.05. The van der Waals surface area contributed by atoms with Gasteiger partial charge in [-0.3, -0.25) is 4.79 Å². The minimum atomic E-state index is -0.236. The van der Waals surface area contributed by atoms with Gasteiger partial charge in [0, 0.05) is 12.5 Å². The molecular formula is C19H26FNO2. The van der Waals surface area contributed by atoms with E-state index in [-0.39, 0.29) is 29.7 Å². The van der Waals surface area contributed by atoms with Gasteiger partial charge in [-0.2, -0.15) is 0 Å². The van der Waals surface area contributed by atoms with Crippen LogP contribution in [0.1, 0.15) is 56.4 Å². The molecule has 2 fully saturated rings. The first kappa shape index (κ1) is 16.4. The Morgan fingerprint density at radius 2 is 1.96 bits per heavy atom. The molecule has 2 N–H and O–H groups in total. The van der Waals surface area contributed by atoms with Gasteiger partial charge in [0.05, 0.1) is 6.10 Å². The van der Waals surface area contributed by atoms with Crippen LogP contribution >= 0.6 is 0 Å². The molecule has 2 saturated carbocycles. The van der Waals surface area contributed by atoms with Crippen LogP contribution in [0.2, 0.25) is 0 Å². The molecule has 0 bridgehead atoms. The third-order valence-corrected chi connectivity index (χ3v) is 5.35. The molecule has 3 rings (SSSR count). The lowest BCUT2D eigenvalue weighted by Gasteiger charge is -2.27. The van der Waals surface area contributed by atoms with Crippen LogP contribution in [-0.4, -0.2) is 23.7 Å². The van der Waals surface area contributed by atoms with Crippen molar-refractivity contribution in [1.82, 2.24) is 5.32 Å². The van der Waals surface area contributed by atoms with Crippen LogP contribution < -0.4 is 5.32 Å². The second-order valence-corrected chi connectivity index (χ2v) is 7.05. The quantitative estimate of drug-likeness (QED) is 0.790. The number of rotatable bonds is 6. The summed E-state index contributed by atoms with van der Waals surface area (Å²) in [6.45, 7) is 0.689. The maximum absolute atomic E-state index is 12.9. The van der Waals surface area contributed by atoms with Gasteiger partial charge in [0.1, 0.15) is 5.82 Å². The van der Waals surface area contributed by atoms with Gasteiger partial charge in [0.25, 0.3) is 0 Å². The van der Waals surface area contributed by atoms with Crippen molar-refractivity contribution in [2.75, 3.05) is 6.54 Å². The molecule has 1 aromatic rings. The summed E-state index contributed by atoms with van der Waals surface area (Å²) in [6.07, 6.45) is 7.04. The fourth-order valence-corrected chi connectivity index (χ4v) is 3.79. The van der Waals surface area contributed by atoms with Gasteiger partial charge in [0.2, 0.25) is 5.91 Å². The molecule has 2 aliphatic carbocycles. The number of hydrogen-bond acceptors (Lipinski definition) is 2. The number of carbonyl (C=O) groups is 1. The Balaban J connectivity index is 1.35. The van der Waals surface area contributed by atoms with Crippen molar-refractivity contribution in [2.24, 2.45) is 11.8 Å². The summed E-state index contributed by atoms with van der Waals surface area (Å²) < 4.78 is 12.9. The summed E-state index contributed by atoms with van der Waals surface area (Å²) in [5, 5.41) is 13.0. The fourth-order valence-electron chi connectivity index (χ4n) is 3.79. The Bertz CT molecular complexity index is 531. The second-order valence-electron chi connectivity index (χ2n) is 7.05. The second kappa shape index (κ2) is 7.43. The Labute approximate surface area is 137 Å². The van der Waals surface area contributed by atoms with E-state index >= 15 is 0 Å². The van der Waals surface area contributed by atoms with Gasteiger partial charge in [0.15, 0.2) is 0 Å². The van der Waals surface area contributed by atoms with E-state index in [2.05, 4.69) is 5.32 Å². The van der Waals surface area contributed by atoms with E-state index in [4.69, 9.17) is 0 Å². The van der Waals surface area contributed by atoms with E-state index in [1.807, 2.05) is 0 Å². The van der Waals surface area contributed by atoms with Crippen LogP contribution in [0, 0.1) is 17.7 Å². The number of halogens is 1. The smallest absolute Gasteiger partial charge is 0.223 e. The predicted molar refractivity (Wildman–Crippen MR) is 87.5 cm³/mol. The topological polar surface area (TPSA) is 49.3 Å². The average Bonchev–Trinajstić information content (AvgIpc) is 3.34. The highest BCUT2D eigenvalue weighted by atomic mass is 19.1. The summed E-state index contributed by atoms with van der Waals surface area (Å²) in [6, 6.07) is 6.46. The molecule has 0 heterocycles. The van der Waals surface area contributed by atoms with Crippen molar-refractivity contribution >= 4 is 5.91 Å². The number of benzene rings is 1. The Morgan fingerprint density at radius 3 is 2.70 bits per heavy atom. The van der Waals surface area contributed by atoms with E-state index in [1.54, 1.807) is 12.1 Å². The zero-order valence-electron chi connectivity index (χ0n) is 13.5. The van der Waals surface area contributed by atoms with Crippen LogP contribution in [0.3, 0.4) is 0 Å². The highest BCUT2D eigenvalue weighted by Crippen LogP contribution is 2.47. The number of aliphatic hydroxyl groups excluding tert-OH is 1. The van der Waals surface area contributed by atoms with Gasteiger partial charge in [-0.25, -0.2) is 4.39 Å². The predicted octanol–water partition coefficient (Wildman–Crippen LogP) is 3.38. The molecule has 0 spiro atoms. The maximum Gasteiger partial charge on any atom is 0.223 e. The summed E-state index contributed by atoms with van der Waals surface area (Å²) in [4.78, 5) is 12.1. The average molecular weight is 319 g/mol. The molecule has 23 heavy (non-hydrogen) atoms. The maximum atomic E-state index is 12.9. The summed E-state index contributed by atoms with van der Waals surface area (Å²) >= 11 is 0. The molecule has 0 saturated heterocycles. The van der Waals surface area contributed by atoms with E-state index in [9.17, 15) is 14.3 Å². The molecule has 2 aliphatic rings. The Hall–Kier alpha value is -1.42. The molecule has 1 amide bonds. The minimum absolute atomic E-state index is 0.0423. The zero-order valence-corrected chi connectivity index (χ0v) is 13.5. The number of hydrogen-bond donors (Lipinski definition) is 2. The highest BCUT2D eigenvalue weighted by molar-refractivity contribution is 5.82. The van der Waals surface area contributed by atoms with E-state index < -0.39 is 0 Å². The van der Waals surface area contributed by atoms with Gasteiger partial charge in [-0.1, -0.05) is 25.0 Å². The zero-order chi connectivity index (χ0) is 16.2. The molecule has 1 aromatic carbocycles. The Kier molecular flexibility index (Phi) is 5.31. The van der Waals surface area contributed by atoms with Crippen molar-refractivity contribution < 1.29 is 14.3 Å². The molecule has 3 nitrogen and oxygen atoms in total. The lowest BCUT2D eigenvalue weighted by Crippen LogP contribution is -2.29. The number of carbonyl (C=O) groups excluding carboxylic acids is 1. The SMILES string of the molecule is O=C(NCCC[C@@H]1CCCC[C@@H]1O)[C@@H]1C[C@@H]1c1ccc(F)cc1. The molecule has 0 aromatic heterocycles. The highest BCUT2D eigenvalue weighted by Gasteiger charge is 2.43. The summed E-state index contributed by atoms with van der Waals surface area (Å²) in [7, 11) is 0. The van der Waals surface area contributed by atoms with E-state index in [0.717, 1.165) is 44.1 Å². The van der Waals surface area contributed by atoms with Crippen LogP contribution in [0.5, 0.6) is 0 Å². The fraction of sp³-hybridized carbons (Fsp3) is 0.632. The first-order valence-electron chi connectivity index (χ1n) is 8.86. The Morgan fingerprint density at radius 1 is 1.22 bits per heavy atom. The number of aliphatic hydroxyl groups is 1. The third-order valence-electron chi connectivity index (χ3n) is 5.35. The number of nitrogens with one attached hydrogen (secondary N) is 1. The normalized spacial score (nSPS) is 30.0. The molecule has 4 atom stereocenters. The van der Waals surface area contributed by atoms with Gasteiger partial charge < -0.3 is 10.4 Å². The molecule has 0 radical (unpaired) electrons. The van der Waals surface area contributed by atoms with E-state index in [0.29, 0.717) is 12.5 Å². The number of amides is 1. The van der Waals surface area contributed by atoms with Crippen molar-refractivity contribution in [1.29, 1.82) is 0 Å². The van der Waals surface area contributed by atoms with Crippen molar-refractivity contribution in [3.8, 4) is 0 Å². The van der Waals surface area contributed by atoms with Gasteiger partial charge in [-0.15, -0.1) is 0 Å². The van der Waals surface area contributed by atoms with Crippen LogP contribution in [-0.2, 0) is 4.79 Å². The largest absolute Gasteiger partial charge is 0.393 e. The van der Waals surface area contributed by atoms with Crippen LogP contribution in [0.25, 0.3) is 0 Å². The first-order valence-corrected chi connectivity index (χ1v) is 8.86.